The molecule has 6 heterocycles. The first-order valence-corrected chi connectivity index (χ1v) is 21.3. The maximum absolute atomic E-state index is 16.6. The lowest BCUT2D eigenvalue weighted by Gasteiger charge is -2.24. The Hall–Kier alpha value is -6.76. The Bertz CT molecular complexity index is 3570. The van der Waals surface area contributed by atoms with Gasteiger partial charge in [-0.15, -0.1) is 13.2 Å². The van der Waals surface area contributed by atoms with Crippen molar-refractivity contribution in [3.8, 4) is 0 Å². The Labute approximate surface area is 367 Å². The van der Waals surface area contributed by atoms with Crippen molar-refractivity contribution >= 4 is 79.3 Å². The fraction of sp³-hybridized carbons (Fsp3) is 0.0526. The molecular weight excluding hydrogens is 994 g/mol. The monoisotopic (exact) mass is 1000 g/mol. The SMILES string of the molecule is C=CCOP(=O)(OCC=C)[O][Al]1[n]2c3c4c(F)c(F)c(F)c(F)c4c2N=C2N=C(N=c4c5c(F)c(F)c(F)c(F)c5c([n]41)=NC1=NC(=N3)c3c(F)c(F)c(F)c(F)c31)c1c(F)c(F)c(F)c(F)c12. The molecule has 4 aliphatic heterocycles. The Balaban J connectivity index is 1.58. The third-order valence-electron chi connectivity index (χ3n) is 10.4. The van der Waals surface area contributed by atoms with E-state index in [4.69, 9.17) is 12.6 Å². The second-order valence-electron chi connectivity index (χ2n) is 14.1. The zero-order chi connectivity index (χ0) is 48.9. The van der Waals surface area contributed by atoms with Crippen molar-refractivity contribution in [2.24, 2.45) is 30.0 Å². The summed E-state index contributed by atoms with van der Waals surface area (Å²) in [6, 6.07) is 0. The number of hydrogen-bond acceptors (Lipinski definition) is 10. The van der Waals surface area contributed by atoms with Crippen molar-refractivity contribution in [1.82, 2.24) is 7.10 Å². The van der Waals surface area contributed by atoms with E-state index in [1.807, 2.05) is 0 Å². The van der Waals surface area contributed by atoms with Crippen LogP contribution in [-0.2, 0) is 17.2 Å². The molecule has 4 aliphatic rings. The quantitative estimate of drug-likeness (QED) is 0.0378. The van der Waals surface area contributed by atoms with Crippen molar-refractivity contribution in [2.75, 3.05) is 13.2 Å². The number of benzene rings is 4. The van der Waals surface area contributed by atoms with Crippen molar-refractivity contribution in [3.05, 3.63) is 152 Å². The number of aliphatic imine (C=N–C) groups is 4. The molecule has 0 amide bonds. The predicted molar refractivity (Wildman–Crippen MR) is 201 cm³/mol. The van der Waals surface area contributed by atoms with E-state index in [2.05, 4.69) is 43.1 Å². The van der Waals surface area contributed by atoms with Crippen LogP contribution in [0.3, 0.4) is 0 Å². The van der Waals surface area contributed by atoms with Crippen LogP contribution >= 0.6 is 7.82 Å². The molecule has 0 saturated carbocycles. The van der Waals surface area contributed by atoms with Gasteiger partial charge in [0, 0.05) is 0 Å². The Morgan fingerprint density at radius 1 is 0.412 bits per heavy atom. The largest absolute Gasteiger partial charge is 0.818 e. The highest BCUT2D eigenvalue weighted by Gasteiger charge is 2.51. The second-order valence-corrected chi connectivity index (χ2v) is 18.0. The Kier molecular flexibility index (Phi) is 10.2. The van der Waals surface area contributed by atoms with Gasteiger partial charge in [-0.1, -0.05) is 12.2 Å². The van der Waals surface area contributed by atoms with Gasteiger partial charge in [-0.3, -0.25) is 9.05 Å². The van der Waals surface area contributed by atoms with Gasteiger partial charge in [-0.05, 0) is 0 Å². The van der Waals surface area contributed by atoms with E-state index in [0.29, 0.717) is 0 Å². The first kappa shape index (κ1) is 45.0. The molecule has 10 rings (SSSR count). The van der Waals surface area contributed by atoms with Gasteiger partial charge in [0.25, 0.3) is 0 Å². The molecule has 0 radical (unpaired) electrons. The number of aromatic nitrogens is 2. The number of rotatable bonds is 8. The fourth-order valence-corrected chi connectivity index (χ4v) is 12.2. The van der Waals surface area contributed by atoms with Crippen molar-refractivity contribution in [3.63, 3.8) is 0 Å². The van der Waals surface area contributed by atoms with E-state index in [-0.39, 0.29) is 7.10 Å². The van der Waals surface area contributed by atoms with Crippen molar-refractivity contribution < 1.29 is 87.4 Å². The van der Waals surface area contributed by atoms with Gasteiger partial charge in [0.1, 0.15) is 22.6 Å². The van der Waals surface area contributed by atoms with Crippen molar-refractivity contribution in [2.45, 2.75) is 0 Å². The summed E-state index contributed by atoms with van der Waals surface area (Å²) < 4.78 is 284. The molecule has 12 nitrogen and oxygen atoms in total. The lowest BCUT2D eigenvalue weighted by Crippen LogP contribution is -2.48. The molecule has 346 valence electrons. The smallest absolute Gasteiger partial charge is 0.373 e. The summed E-state index contributed by atoms with van der Waals surface area (Å²) in [6.07, 6.45) is 1.81. The summed E-state index contributed by atoms with van der Waals surface area (Å²) in [5, 5.41) is -6.89. The molecule has 4 aromatic carbocycles. The maximum Gasteiger partial charge on any atom is 0.818 e. The Morgan fingerprint density at radius 3 is 1.03 bits per heavy atom. The van der Waals surface area contributed by atoms with E-state index >= 15 is 70.2 Å². The molecule has 0 spiro atoms. The fourth-order valence-electron chi connectivity index (χ4n) is 7.61. The molecule has 0 aliphatic carbocycles. The van der Waals surface area contributed by atoms with Crippen LogP contribution in [0.25, 0.3) is 21.5 Å². The molecule has 30 heteroatoms. The molecule has 6 bridgehead atoms. The predicted octanol–water partition coefficient (Wildman–Crippen LogP) is 8.68. The topological polar surface area (TPSA) is 129 Å². The lowest BCUT2D eigenvalue weighted by atomic mass is 10.1. The minimum Gasteiger partial charge on any atom is -0.373 e. The van der Waals surface area contributed by atoms with Crippen LogP contribution in [0.5, 0.6) is 0 Å². The zero-order valence-electron chi connectivity index (χ0n) is 32.3. The maximum atomic E-state index is 16.6. The number of nitrogens with zero attached hydrogens (tertiary/aromatic N) is 8. The van der Waals surface area contributed by atoms with Crippen LogP contribution in [0.2, 0.25) is 0 Å². The third kappa shape index (κ3) is 5.92. The number of halogens is 16. The number of hydrogen-bond donors (Lipinski definition) is 0. The Morgan fingerprint density at radius 2 is 0.706 bits per heavy atom. The second kappa shape index (κ2) is 15.4. The number of phosphoric ester groups is 1. The molecule has 0 N–H and O–H groups in total. The van der Waals surface area contributed by atoms with Crippen LogP contribution in [0.15, 0.2) is 55.3 Å². The van der Waals surface area contributed by atoms with E-state index < -0.39 is 219 Å². The van der Waals surface area contributed by atoms with E-state index in [1.165, 1.54) is 0 Å². The molecular formula is C38H10AlF16N8O4P. The minimum absolute atomic E-state index is 0.0651. The van der Waals surface area contributed by atoms with Crippen molar-refractivity contribution in [1.29, 1.82) is 0 Å². The molecule has 0 unspecified atom stereocenters. The highest BCUT2D eigenvalue weighted by atomic mass is 31.2. The number of phosphoric acid groups is 1. The van der Waals surface area contributed by atoms with Gasteiger partial charge < -0.3 is 10.7 Å². The highest BCUT2D eigenvalue weighted by molar-refractivity contribution is 7.49. The average molecular weight is 1000 g/mol. The number of fused-ring (bicyclic) bond motifs is 14. The van der Waals surface area contributed by atoms with Crippen LogP contribution < -0.4 is 11.0 Å². The van der Waals surface area contributed by atoms with Gasteiger partial charge in [0.05, 0.1) is 57.0 Å². The van der Waals surface area contributed by atoms with E-state index in [9.17, 15) is 4.57 Å². The van der Waals surface area contributed by atoms with Gasteiger partial charge in [-0.25, -0.2) is 105 Å². The molecule has 0 fully saturated rings. The summed E-state index contributed by atoms with van der Waals surface area (Å²) >= 11 is -5.57. The van der Waals surface area contributed by atoms with Crippen LogP contribution in [0, 0.1) is 93.1 Å². The first-order chi connectivity index (χ1) is 32.2. The molecule has 0 saturated heterocycles. The minimum atomic E-state index is -5.59. The van der Waals surface area contributed by atoms with E-state index in [0.717, 1.165) is 12.2 Å². The summed E-state index contributed by atoms with van der Waals surface area (Å²) in [6.45, 7) is 5.00. The number of amidine groups is 4. The van der Waals surface area contributed by atoms with Crippen LogP contribution in [0.4, 0.5) is 81.9 Å². The normalized spacial score (nSPS) is 14.6. The van der Waals surface area contributed by atoms with E-state index in [1.54, 1.807) is 0 Å². The van der Waals surface area contributed by atoms with Crippen LogP contribution in [0.1, 0.15) is 22.3 Å². The van der Waals surface area contributed by atoms with Gasteiger partial charge in [0.15, 0.2) is 116 Å². The standard InChI is InChI=1S/C32F16N8.C6H11O4P.Al/c33-9-1-2(10(34)18(42)17(9)41)26-49-25(1)53-27-3-4(12(36)20(44)19(43)11(3)35)29(50-27)55-31-7-8(16(40)24(48)23(47)15(7)39)32(52-31)56-30-6-5(28(51-30)54-26)13(37)21(45)22(46)14(6)38;1-3-5-9-11(7,8)10-6-4-2;/h;3-4H,1-2,5-6H2,(H,7,8);/q-2;;+3/p-1. The van der Waals surface area contributed by atoms with Gasteiger partial charge >= 0.3 is 22.7 Å². The summed E-state index contributed by atoms with van der Waals surface area (Å²) in [5.41, 5.74) is -9.53. The molecule has 68 heavy (non-hydrogen) atoms. The highest BCUT2D eigenvalue weighted by Crippen LogP contribution is 2.53. The molecule has 0 atom stereocenters. The van der Waals surface area contributed by atoms with Gasteiger partial charge in [0.2, 0.25) is 0 Å². The molecule has 6 aromatic rings. The molecule has 2 aromatic heterocycles. The zero-order valence-corrected chi connectivity index (χ0v) is 34.3. The summed E-state index contributed by atoms with van der Waals surface area (Å²) in [5.74, 6) is -50.0. The summed E-state index contributed by atoms with van der Waals surface area (Å²) in [4.78, 5) is 22.7. The summed E-state index contributed by atoms with van der Waals surface area (Å²) in [7, 11) is -5.59. The van der Waals surface area contributed by atoms with Gasteiger partial charge in [-0.2, -0.15) is 0 Å². The average Bonchev–Trinajstić information content (AvgIpc) is 4.04. The third-order valence-corrected chi connectivity index (χ3v) is 15.0. The first-order valence-electron chi connectivity index (χ1n) is 18.3. The lowest BCUT2D eigenvalue weighted by molar-refractivity contribution is 0.178. The van der Waals surface area contributed by atoms with Crippen LogP contribution in [-0.4, -0.2) is 58.6 Å².